The van der Waals surface area contributed by atoms with Crippen LogP contribution < -0.4 is 0 Å². The Balaban J connectivity index is 1.15. The van der Waals surface area contributed by atoms with Crippen LogP contribution in [-0.4, -0.2) is 19.5 Å². The molecule has 4 nitrogen and oxygen atoms in total. The van der Waals surface area contributed by atoms with Crippen molar-refractivity contribution in [2.45, 2.75) is 0 Å². The first-order valence-electron chi connectivity index (χ1n) is 16.0. The number of rotatable bonds is 4. The molecule has 0 aliphatic heterocycles. The Morgan fingerprint density at radius 2 is 1.04 bits per heavy atom. The summed E-state index contributed by atoms with van der Waals surface area (Å²) in [6, 6.07) is 55.6. The Bertz CT molecular complexity index is 2830. The van der Waals surface area contributed by atoms with E-state index < -0.39 is 0 Å². The third-order valence-electron chi connectivity index (χ3n) is 9.23. The van der Waals surface area contributed by atoms with E-state index >= 15 is 0 Å². The number of aromatic nitrogens is 4. The molecule has 7 aromatic carbocycles. The maximum absolute atomic E-state index is 5.14. The number of benzene rings is 7. The van der Waals surface area contributed by atoms with Gasteiger partial charge in [0.05, 0.1) is 11.0 Å². The monoisotopic (exact) mass is 630 g/mol. The van der Waals surface area contributed by atoms with Gasteiger partial charge in [-0.3, -0.25) is 0 Å². The molecule has 0 amide bonds. The van der Waals surface area contributed by atoms with Crippen molar-refractivity contribution in [3.8, 4) is 39.9 Å². The molecule has 0 N–H and O–H groups in total. The van der Waals surface area contributed by atoms with Crippen LogP contribution in [0, 0.1) is 0 Å². The van der Waals surface area contributed by atoms with Gasteiger partial charge in [0.25, 0.3) is 0 Å². The summed E-state index contributed by atoms with van der Waals surface area (Å²) in [7, 11) is 0. The fraction of sp³-hybridized carbons (Fsp3) is 0. The average molecular weight is 631 g/mol. The minimum absolute atomic E-state index is 0.648. The zero-order chi connectivity index (χ0) is 31.6. The van der Waals surface area contributed by atoms with Crippen molar-refractivity contribution in [1.29, 1.82) is 0 Å². The molecule has 48 heavy (non-hydrogen) atoms. The van der Waals surface area contributed by atoms with Crippen molar-refractivity contribution in [2.24, 2.45) is 0 Å². The maximum atomic E-state index is 5.14. The van der Waals surface area contributed by atoms with E-state index in [0.29, 0.717) is 17.5 Å². The second kappa shape index (κ2) is 10.7. The van der Waals surface area contributed by atoms with Crippen molar-refractivity contribution in [3.63, 3.8) is 0 Å². The second-order valence-corrected chi connectivity index (χ2v) is 13.1. The molecule has 10 rings (SSSR count). The molecule has 3 heterocycles. The molecule has 0 atom stereocenters. The zero-order valence-corrected chi connectivity index (χ0v) is 26.5. The molecule has 0 aliphatic rings. The quantitative estimate of drug-likeness (QED) is 0.194. The minimum Gasteiger partial charge on any atom is -0.309 e. The molecule has 0 saturated heterocycles. The summed E-state index contributed by atoms with van der Waals surface area (Å²) in [5.41, 5.74) is 6.37. The summed E-state index contributed by atoms with van der Waals surface area (Å²) in [5.74, 6) is 1.98. The van der Waals surface area contributed by atoms with E-state index in [1.165, 1.54) is 52.8 Å². The van der Waals surface area contributed by atoms with Crippen molar-refractivity contribution >= 4 is 64.1 Å². The third kappa shape index (κ3) is 4.25. The molecule has 10 aromatic rings. The van der Waals surface area contributed by atoms with Crippen LogP contribution in [0.5, 0.6) is 0 Å². The first kappa shape index (κ1) is 27.0. The fourth-order valence-corrected chi connectivity index (χ4v) is 8.13. The lowest BCUT2D eigenvalue weighted by molar-refractivity contribution is 1.07. The summed E-state index contributed by atoms with van der Waals surface area (Å²) in [4.78, 5) is 15.2. The molecule has 5 heteroatoms. The van der Waals surface area contributed by atoms with E-state index in [1.54, 1.807) is 11.3 Å². The molecule has 224 valence electrons. The van der Waals surface area contributed by atoms with Crippen LogP contribution in [0.25, 0.3) is 92.6 Å². The standard InChI is InChI=1S/C43H26N4S/c1-2-11-27(12-3-1)41-44-42(46-43(45-41)34-17-10-20-39-40(34)33-16-7-9-19-38(33)48-39)28-21-23-31(24-22-28)47-36-18-8-6-15-32(36)35-25-29-13-4-5-14-30(29)26-37(35)47/h1-26H. The largest absolute Gasteiger partial charge is 0.309 e. The van der Waals surface area contributed by atoms with Crippen LogP contribution in [0.2, 0.25) is 0 Å². The van der Waals surface area contributed by atoms with E-state index in [0.717, 1.165) is 22.4 Å². The molecular formula is C43H26N4S. The highest BCUT2D eigenvalue weighted by molar-refractivity contribution is 7.25. The Kier molecular flexibility index (Phi) is 6.01. The van der Waals surface area contributed by atoms with Crippen molar-refractivity contribution in [3.05, 3.63) is 158 Å². The summed E-state index contributed by atoms with van der Waals surface area (Å²) in [5, 5.41) is 7.37. The van der Waals surface area contributed by atoms with Gasteiger partial charge in [0.15, 0.2) is 17.5 Å². The average Bonchev–Trinajstić information content (AvgIpc) is 3.69. The van der Waals surface area contributed by atoms with E-state index in [9.17, 15) is 0 Å². The lowest BCUT2D eigenvalue weighted by atomic mass is 10.1. The van der Waals surface area contributed by atoms with E-state index in [4.69, 9.17) is 15.0 Å². The summed E-state index contributed by atoms with van der Waals surface area (Å²) >= 11 is 1.80. The van der Waals surface area contributed by atoms with Crippen LogP contribution in [0.1, 0.15) is 0 Å². The number of fused-ring (bicyclic) bond motifs is 7. The minimum atomic E-state index is 0.648. The van der Waals surface area contributed by atoms with Crippen molar-refractivity contribution in [2.75, 3.05) is 0 Å². The van der Waals surface area contributed by atoms with Gasteiger partial charge < -0.3 is 4.57 Å². The predicted octanol–water partition coefficient (Wildman–Crippen LogP) is 11.5. The van der Waals surface area contributed by atoms with E-state index in [1.807, 2.05) is 18.2 Å². The van der Waals surface area contributed by atoms with Crippen LogP contribution >= 0.6 is 11.3 Å². The van der Waals surface area contributed by atoms with Crippen LogP contribution in [-0.2, 0) is 0 Å². The maximum Gasteiger partial charge on any atom is 0.164 e. The van der Waals surface area contributed by atoms with Crippen molar-refractivity contribution < 1.29 is 0 Å². The van der Waals surface area contributed by atoms with E-state index in [2.05, 4.69) is 144 Å². The summed E-state index contributed by atoms with van der Waals surface area (Å²) in [6.45, 7) is 0. The first-order valence-corrected chi connectivity index (χ1v) is 16.9. The Hall–Kier alpha value is -6.17. The molecular weight excluding hydrogens is 605 g/mol. The summed E-state index contributed by atoms with van der Waals surface area (Å²) in [6.07, 6.45) is 0. The topological polar surface area (TPSA) is 43.6 Å². The molecule has 0 fully saturated rings. The van der Waals surface area contributed by atoms with Crippen molar-refractivity contribution in [1.82, 2.24) is 19.5 Å². The molecule has 0 bridgehead atoms. The Labute approximate surface area is 280 Å². The molecule has 0 saturated carbocycles. The van der Waals surface area contributed by atoms with Gasteiger partial charge in [-0.25, -0.2) is 15.0 Å². The molecule has 0 radical (unpaired) electrons. The van der Waals surface area contributed by atoms with Gasteiger partial charge in [0.2, 0.25) is 0 Å². The highest BCUT2D eigenvalue weighted by Gasteiger charge is 2.18. The Morgan fingerprint density at radius 1 is 0.417 bits per heavy atom. The molecule has 0 unspecified atom stereocenters. The third-order valence-corrected chi connectivity index (χ3v) is 10.4. The van der Waals surface area contributed by atoms with Crippen LogP contribution in [0.3, 0.4) is 0 Å². The number of nitrogens with zero attached hydrogens (tertiary/aromatic N) is 4. The van der Waals surface area contributed by atoms with Crippen LogP contribution in [0.4, 0.5) is 0 Å². The zero-order valence-electron chi connectivity index (χ0n) is 25.7. The molecule has 0 aliphatic carbocycles. The van der Waals surface area contributed by atoms with Gasteiger partial charge in [0, 0.05) is 53.3 Å². The number of hydrogen-bond acceptors (Lipinski definition) is 4. The SMILES string of the molecule is c1ccc(-c2nc(-c3ccc(-n4c5ccccc5c5cc6ccccc6cc54)cc3)nc(-c3cccc4sc5ccccc5c34)n2)cc1. The number of para-hydroxylation sites is 1. The molecule has 3 aromatic heterocycles. The number of hydrogen-bond donors (Lipinski definition) is 0. The summed E-state index contributed by atoms with van der Waals surface area (Å²) < 4.78 is 4.84. The lowest BCUT2D eigenvalue weighted by Gasteiger charge is -2.11. The molecule has 0 spiro atoms. The van der Waals surface area contributed by atoms with E-state index in [-0.39, 0.29) is 0 Å². The highest BCUT2D eigenvalue weighted by Crippen LogP contribution is 2.40. The first-order chi connectivity index (χ1) is 23.8. The number of thiophene rings is 1. The highest BCUT2D eigenvalue weighted by atomic mass is 32.1. The lowest BCUT2D eigenvalue weighted by Crippen LogP contribution is -2.01. The van der Waals surface area contributed by atoms with Gasteiger partial charge in [-0.05, 0) is 65.4 Å². The van der Waals surface area contributed by atoms with Gasteiger partial charge >= 0.3 is 0 Å². The normalized spacial score (nSPS) is 11.8. The predicted molar refractivity (Wildman–Crippen MR) is 201 cm³/mol. The second-order valence-electron chi connectivity index (χ2n) is 12.1. The van der Waals surface area contributed by atoms with Gasteiger partial charge in [-0.1, -0.05) is 103 Å². The fourth-order valence-electron chi connectivity index (χ4n) is 7.00. The Morgan fingerprint density at radius 3 is 1.85 bits per heavy atom. The van der Waals surface area contributed by atoms with Crippen LogP contribution in [0.15, 0.2) is 158 Å². The van der Waals surface area contributed by atoms with Gasteiger partial charge in [-0.15, -0.1) is 11.3 Å². The van der Waals surface area contributed by atoms with Gasteiger partial charge in [-0.2, -0.15) is 0 Å². The smallest absolute Gasteiger partial charge is 0.164 e. The van der Waals surface area contributed by atoms with Gasteiger partial charge in [0.1, 0.15) is 0 Å².